The van der Waals surface area contributed by atoms with Gasteiger partial charge in [0.15, 0.2) is 0 Å². The summed E-state index contributed by atoms with van der Waals surface area (Å²) in [5, 5.41) is 0. The van der Waals surface area contributed by atoms with Crippen LogP contribution >= 0.6 is 15.9 Å². The molecule has 6 heteroatoms. The molecule has 3 rings (SSSR count). The zero-order valence-corrected chi connectivity index (χ0v) is 16.9. The van der Waals surface area contributed by atoms with Gasteiger partial charge in [0.1, 0.15) is 0 Å². The van der Waals surface area contributed by atoms with Gasteiger partial charge in [-0.25, -0.2) is 4.79 Å². The Morgan fingerprint density at radius 2 is 1.84 bits per heavy atom. The van der Waals surface area contributed by atoms with Gasteiger partial charge in [0.05, 0.1) is 33.2 Å². The van der Waals surface area contributed by atoms with Crippen LogP contribution < -0.4 is 4.90 Å². The van der Waals surface area contributed by atoms with Crippen molar-refractivity contribution in [3.05, 3.63) is 21.4 Å². The molecule has 25 heavy (non-hydrogen) atoms. The van der Waals surface area contributed by atoms with Gasteiger partial charge in [-0.15, -0.1) is 0 Å². The first-order valence-corrected chi connectivity index (χ1v) is 9.75. The summed E-state index contributed by atoms with van der Waals surface area (Å²) >= 11 is 3.61. The van der Waals surface area contributed by atoms with Crippen molar-refractivity contribution in [3.63, 3.8) is 0 Å². The molecule has 0 bridgehead atoms. The van der Waals surface area contributed by atoms with E-state index in [4.69, 9.17) is 4.74 Å². The molecule has 5 nitrogen and oxygen atoms in total. The quantitative estimate of drug-likeness (QED) is 0.420. The van der Waals surface area contributed by atoms with E-state index >= 15 is 0 Å². The zero-order valence-electron chi connectivity index (χ0n) is 15.3. The third-order valence-corrected chi connectivity index (χ3v) is 5.99. The number of ketones is 1. The van der Waals surface area contributed by atoms with Crippen molar-refractivity contribution in [1.29, 1.82) is 0 Å². The lowest BCUT2D eigenvalue weighted by Gasteiger charge is -2.25. The van der Waals surface area contributed by atoms with Crippen molar-refractivity contribution in [2.24, 2.45) is 11.8 Å². The van der Waals surface area contributed by atoms with Gasteiger partial charge in [0.2, 0.25) is 0 Å². The molecule has 0 aromatic carbocycles. The summed E-state index contributed by atoms with van der Waals surface area (Å²) in [6.45, 7) is 9.02. The lowest BCUT2D eigenvalue weighted by Crippen LogP contribution is -2.28. The van der Waals surface area contributed by atoms with E-state index in [2.05, 4.69) is 25.8 Å². The first-order valence-electron chi connectivity index (χ1n) is 8.96. The molecule has 2 heterocycles. The maximum Gasteiger partial charge on any atom is 0.380 e. The number of nitrogens with zero attached hydrogens (tertiary/aromatic N) is 2. The number of hydrogen-bond donors (Lipinski definition) is 0. The number of ether oxygens (including phenoxy) is 1. The topological polar surface area (TPSA) is 59.5 Å². The van der Waals surface area contributed by atoms with Gasteiger partial charge in [-0.05, 0) is 74.7 Å². The van der Waals surface area contributed by atoms with E-state index < -0.39 is 11.8 Å². The Bertz CT molecular complexity index is 713. The molecule has 1 aromatic rings. The van der Waals surface area contributed by atoms with Crippen LogP contribution in [0, 0.1) is 25.7 Å². The number of hydrogen-bond acceptors (Lipinski definition) is 5. The number of esters is 1. The third-order valence-electron chi connectivity index (χ3n) is 5.04. The van der Waals surface area contributed by atoms with Crippen LogP contribution in [-0.2, 0) is 9.53 Å². The Labute approximate surface area is 157 Å². The summed E-state index contributed by atoms with van der Waals surface area (Å²) in [5.74, 6) is 0.100. The van der Waals surface area contributed by atoms with Crippen LogP contribution in [0.1, 0.15) is 54.9 Å². The van der Waals surface area contributed by atoms with Crippen LogP contribution in [0.5, 0.6) is 0 Å². The number of carbonyl (C=O) groups excluding carboxylic acids is 2. The molecule has 0 N–H and O–H groups in total. The maximum absolute atomic E-state index is 12.8. The van der Waals surface area contributed by atoms with Gasteiger partial charge in [-0.2, -0.15) is 0 Å². The number of Topliss-reactive ketones (excluding diaryl/α,β-unsaturated/α-hetero) is 1. The summed E-state index contributed by atoms with van der Waals surface area (Å²) in [7, 11) is 0. The predicted molar refractivity (Wildman–Crippen MR) is 100 cm³/mol. The van der Waals surface area contributed by atoms with Crippen molar-refractivity contribution in [2.45, 2.75) is 53.1 Å². The number of aryl methyl sites for hydroxylation is 2. The second-order valence-electron chi connectivity index (χ2n) is 7.44. The Kier molecular flexibility index (Phi) is 5.19. The second-order valence-corrected chi connectivity index (χ2v) is 8.23. The third kappa shape index (κ3) is 3.73. The molecule has 0 amide bonds. The highest BCUT2D eigenvalue weighted by Gasteiger charge is 2.38. The van der Waals surface area contributed by atoms with E-state index in [0.29, 0.717) is 17.2 Å². The average molecular weight is 409 g/mol. The number of rotatable bonds is 5. The Balaban J connectivity index is 1.98. The predicted octanol–water partition coefficient (Wildman–Crippen LogP) is 3.83. The monoisotopic (exact) mass is 408 g/mol. The largest absolute Gasteiger partial charge is 0.457 e. The lowest BCUT2D eigenvalue weighted by molar-refractivity contribution is -0.141. The normalized spacial score (nSPS) is 20.2. The highest BCUT2D eigenvalue weighted by Crippen LogP contribution is 2.44. The molecule has 1 aliphatic heterocycles. The van der Waals surface area contributed by atoms with Crippen molar-refractivity contribution in [3.8, 4) is 0 Å². The first-order chi connectivity index (χ1) is 11.8. The average Bonchev–Trinajstić information content (AvgIpc) is 3.27. The van der Waals surface area contributed by atoms with Gasteiger partial charge in [0.25, 0.3) is 5.78 Å². The highest BCUT2D eigenvalue weighted by atomic mass is 79.9. The zero-order chi connectivity index (χ0) is 18.3. The fraction of sp³-hybridized carbons (Fsp3) is 0.632. The molecule has 0 spiro atoms. The van der Waals surface area contributed by atoms with Crippen LogP contribution in [0.4, 0.5) is 5.69 Å². The molecule has 2 aliphatic rings. The minimum absolute atomic E-state index is 0.326. The van der Waals surface area contributed by atoms with Gasteiger partial charge >= 0.3 is 5.97 Å². The summed E-state index contributed by atoms with van der Waals surface area (Å²) < 4.78 is 5.93. The fourth-order valence-electron chi connectivity index (χ4n) is 3.69. The van der Waals surface area contributed by atoms with Crippen molar-refractivity contribution in [2.75, 3.05) is 18.0 Å². The number of halogens is 1. The van der Waals surface area contributed by atoms with Crippen LogP contribution in [-0.4, -0.2) is 35.9 Å². The summed E-state index contributed by atoms with van der Waals surface area (Å²) in [6.07, 6.45) is 3.45. The molecule has 1 aromatic heterocycles. The molecular weight excluding hydrogens is 384 g/mol. The fourth-order valence-corrected chi connectivity index (χ4v) is 4.23. The standard InChI is InChI=1S/C19H25BrN2O3/c1-10(2)25-19(24)18(23)15-11(3)21-12(4)16(20)17(15)22-8-7-14(9-22)13-5-6-13/h10,13-14H,5-9H2,1-4H3. The van der Waals surface area contributed by atoms with Crippen molar-refractivity contribution < 1.29 is 14.3 Å². The van der Waals surface area contributed by atoms with E-state index in [-0.39, 0.29) is 6.10 Å². The number of pyridine rings is 1. The summed E-state index contributed by atoms with van der Waals surface area (Å²) in [4.78, 5) is 31.7. The van der Waals surface area contributed by atoms with Crippen LogP contribution in [0.25, 0.3) is 0 Å². The second kappa shape index (κ2) is 7.06. The molecule has 1 saturated carbocycles. The lowest BCUT2D eigenvalue weighted by atomic mass is 10.0. The van der Waals surface area contributed by atoms with Gasteiger partial charge < -0.3 is 9.64 Å². The van der Waals surface area contributed by atoms with E-state index in [1.54, 1.807) is 20.8 Å². The van der Waals surface area contributed by atoms with Crippen molar-refractivity contribution >= 4 is 33.4 Å². The number of anilines is 1. The first kappa shape index (κ1) is 18.4. The molecule has 0 radical (unpaired) electrons. The maximum atomic E-state index is 12.8. The molecule has 1 aliphatic carbocycles. The van der Waals surface area contributed by atoms with Crippen LogP contribution in [0.15, 0.2) is 4.47 Å². The minimum atomic E-state index is -0.810. The van der Waals surface area contributed by atoms with E-state index in [1.807, 2.05) is 6.92 Å². The van der Waals surface area contributed by atoms with Crippen LogP contribution in [0.2, 0.25) is 0 Å². The van der Waals surface area contributed by atoms with Crippen LogP contribution in [0.3, 0.4) is 0 Å². The molecular formula is C19H25BrN2O3. The van der Waals surface area contributed by atoms with E-state index in [9.17, 15) is 9.59 Å². The van der Waals surface area contributed by atoms with E-state index in [1.165, 1.54) is 12.8 Å². The van der Waals surface area contributed by atoms with E-state index in [0.717, 1.165) is 41.3 Å². The molecule has 1 saturated heterocycles. The summed E-state index contributed by atoms with van der Waals surface area (Å²) in [6, 6.07) is 0. The number of aromatic nitrogens is 1. The van der Waals surface area contributed by atoms with Gasteiger partial charge in [-0.3, -0.25) is 9.78 Å². The van der Waals surface area contributed by atoms with Crippen molar-refractivity contribution in [1.82, 2.24) is 4.98 Å². The molecule has 2 fully saturated rings. The molecule has 1 atom stereocenters. The Morgan fingerprint density at radius 3 is 2.44 bits per heavy atom. The minimum Gasteiger partial charge on any atom is -0.457 e. The van der Waals surface area contributed by atoms with Gasteiger partial charge in [-0.1, -0.05) is 0 Å². The number of carbonyl (C=O) groups is 2. The Morgan fingerprint density at radius 1 is 1.16 bits per heavy atom. The Hall–Kier alpha value is -1.43. The smallest absolute Gasteiger partial charge is 0.380 e. The summed E-state index contributed by atoms with van der Waals surface area (Å²) in [5.41, 5.74) is 2.59. The highest BCUT2D eigenvalue weighted by molar-refractivity contribution is 9.10. The SMILES string of the molecule is Cc1nc(C)c(C(=O)C(=O)OC(C)C)c(N2CCC(C3CC3)C2)c1Br. The molecule has 1 unspecified atom stereocenters. The molecule has 136 valence electrons. The van der Waals surface area contributed by atoms with Gasteiger partial charge in [0, 0.05) is 13.1 Å².